The molecule has 2 aliphatic rings. The Morgan fingerprint density at radius 3 is 2.35 bits per heavy atom. The van der Waals surface area contributed by atoms with Crippen LogP contribution in [0.1, 0.15) is 36.7 Å². The lowest BCUT2D eigenvalue weighted by atomic mass is 9.88. The fourth-order valence-corrected chi connectivity index (χ4v) is 3.52. The van der Waals surface area contributed by atoms with Gasteiger partial charge in [0.25, 0.3) is 5.91 Å². The van der Waals surface area contributed by atoms with Crippen LogP contribution < -0.4 is 10.6 Å². The SMILES string of the molecule is CC1CN(C(=O)c2ccc(CNC(=O)C(C)C3CNC3)cc2)CC(C)O1. The van der Waals surface area contributed by atoms with Gasteiger partial charge in [-0.25, -0.2) is 0 Å². The summed E-state index contributed by atoms with van der Waals surface area (Å²) in [5, 5.41) is 6.19. The number of rotatable bonds is 5. The number of ether oxygens (including phenoxy) is 1. The molecule has 2 heterocycles. The van der Waals surface area contributed by atoms with Crippen molar-refractivity contribution in [3.8, 4) is 0 Å². The number of amides is 2. The minimum absolute atomic E-state index is 0.0300. The molecule has 2 N–H and O–H groups in total. The van der Waals surface area contributed by atoms with Crippen molar-refractivity contribution in [2.45, 2.75) is 39.5 Å². The largest absolute Gasteiger partial charge is 0.372 e. The molecule has 0 bridgehead atoms. The first-order chi connectivity index (χ1) is 12.4. The molecule has 3 unspecified atom stereocenters. The summed E-state index contributed by atoms with van der Waals surface area (Å²) in [5.74, 6) is 0.595. The molecular formula is C20H29N3O3. The molecule has 1 aromatic rings. The number of hydrogen-bond donors (Lipinski definition) is 2. The fourth-order valence-electron chi connectivity index (χ4n) is 3.52. The summed E-state index contributed by atoms with van der Waals surface area (Å²) in [6.45, 7) is 9.53. The van der Waals surface area contributed by atoms with Gasteiger partial charge in [0.15, 0.2) is 0 Å². The van der Waals surface area contributed by atoms with Gasteiger partial charge < -0.3 is 20.3 Å². The van der Waals surface area contributed by atoms with Crippen LogP contribution in [0.15, 0.2) is 24.3 Å². The van der Waals surface area contributed by atoms with Gasteiger partial charge in [0.2, 0.25) is 5.91 Å². The summed E-state index contributed by atoms with van der Waals surface area (Å²) in [7, 11) is 0. The maximum atomic E-state index is 12.7. The van der Waals surface area contributed by atoms with Crippen LogP contribution in [0.3, 0.4) is 0 Å². The zero-order valence-corrected chi connectivity index (χ0v) is 15.8. The van der Waals surface area contributed by atoms with Crippen LogP contribution in [-0.2, 0) is 16.1 Å². The highest BCUT2D eigenvalue weighted by Gasteiger charge is 2.28. The zero-order valence-electron chi connectivity index (χ0n) is 15.8. The highest BCUT2D eigenvalue weighted by molar-refractivity contribution is 5.94. The van der Waals surface area contributed by atoms with Gasteiger partial charge in [-0.3, -0.25) is 9.59 Å². The maximum Gasteiger partial charge on any atom is 0.254 e. The lowest BCUT2D eigenvalue weighted by Gasteiger charge is -2.35. The summed E-state index contributed by atoms with van der Waals surface area (Å²) in [6.07, 6.45) is 0.120. The van der Waals surface area contributed by atoms with Gasteiger partial charge in [0, 0.05) is 31.1 Å². The van der Waals surface area contributed by atoms with E-state index >= 15 is 0 Å². The van der Waals surface area contributed by atoms with E-state index in [9.17, 15) is 9.59 Å². The van der Waals surface area contributed by atoms with Crippen molar-refractivity contribution in [2.24, 2.45) is 11.8 Å². The Morgan fingerprint density at radius 1 is 1.19 bits per heavy atom. The molecule has 2 fully saturated rings. The number of nitrogens with one attached hydrogen (secondary N) is 2. The maximum absolute atomic E-state index is 12.7. The van der Waals surface area contributed by atoms with Crippen LogP contribution in [-0.4, -0.2) is 55.1 Å². The normalized spacial score (nSPS) is 24.7. The Hall–Kier alpha value is -1.92. The highest BCUT2D eigenvalue weighted by Crippen LogP contribution is 2.17. The first kappa shape index (κ1) is 18.9. The Balaban J connectivity index is 1.53. The second-order valence-electron chi connectivity index (χ2n) is 7.59. The van der Waals surface area contributed by atoms with E-state index in [0.29, 0.717) is 31.1 Å². The molecule has 2 aliphatic heterocycles. The minimum Gasteiger partial charge on any atom is -0.372 e. The number of nitrogens with zero attached hydrogens (tertiary/aromatic N) is 1. The first-order valence-corrected chi connectivity index (χ1v) is 9.46. The molecule has 3 rings (SSSR count). The molecule has 1 aromatic carbocycles. The van der Waals surface area contributed by atoms with Crippen LogP contribution in [0, 0.1) is 11.8 Å². The summed E-state index contributed by atoms with van der Waals surface area (Å²) in [5.41, 5.74) is 1.67. The average molecular weight is 359 g/mol. The molecule has 0 aromatic heterocycles. The van der Waals surface area contributed by atoms with Gasteiger partial charge in [0.05, 0.1) is 12.2 Å². The Morgan fingerprint density at radius 2 is 1.81 bits per heavy atom. The molecule has 0 radical (unpaired) electrons. The van der Waals surface area contributed by atoms with E-state index < -0.39 is 0 Å². The number of hydrogen-bond acceptors (Lipinski definition) is 4. The number of benzene rings is 1. The minimum atomic E-state index is 0.0300. The van der Waals surface area contributed by atoms with Crippen molar-refractivity contribution in [3.05, 3.63) is 35.4 Å². The number of carbonyl (C=O) groups excluding carboxylic acids is 2. The zero-order chi connectivity index (χ0) is 18.7. The molecular weight excluding hydrogens is 330 g/mol. The lowest BCUT2D eigenvalue weighted by molar-refractivity contribution is -0.126. The third-order valence-electron chi connectivity index (χ3n) is 5.31. The summed E-state index contributed by atoms with van der Waals surface area (Å²) >= 11 is 0. The first-order valence-electron chi connectivity index (χ1n) is 9.46. The monoisotopic (exact) mass is 359 g/mol. The predicted molar refractivity (Wildman–Crippen MR) is 99.7 cm³/mol. The predicted octanol–water partition coefficient (Wildman–Crippen LogP) is 1.41. The number of carbonyl (C=O) groups is 2. The summed E-state index contributed by atoms with van der Waals surface area (Å²) < 4.78 is 5.69. The fraction of sp³-hybridized carbons (Fsp3) is 0.600. The molecule has 0 saturated carbocycles. The van der Waals surface area contributed by atoms with Crippen LogP contribution >= 0.6 is 0 Å². The molecule has 2 saturated heterocycles. The molecule has 142 valence electrons. The highest BCUT2D eigenvalue weighted by atomic mass is 16.5. The van der Waals surface area contributed by atoms with E-state index in [4.69, 9.17) is 4.74 Å². The smallest absolute Gasteiger partial charge is 0.254 e. The summed E-state index contributed by atoms with van der Waals surface area (Å²) in [4.78, 5) is 26.7. The molecule has 6 heteroatoms. The number of morpholine rings is 1. The van der Waals surface area contributed by atoms with E-state index in [0.717, 1.165) is 18.7 Å². The van der Waals surface area contributed by atoms with Crippen LogP contribution in [0.4, 0.5) is 0 Å². The van der Waals surface area contributed by atoms with Gasteiger partial charge in [-0.05, 0) is 50.6 Å². The lowest BCUT2D eigenvalue weighted by Crippen LogP contribution is -2.49. The molecule has 0 aliphatic carbocycles. The van der Waals surface area contributed by atoms with Gasteiger partial charge in [-0.2, -0.15) is 0 Å². The van der Waals surface area contributed by atoms with Crippen LogP contribution in [0.25, 0.3) is 0 Å². The molecule has 0 spiro atoms. The third-order valence-corrected chi connectivity index (χ3v) is 5.31. The van der Waals surface area contributed by atoms with E-state index in [-0.39, 0.29) is 29.9 Å². The van der Waals surface area contributed by atoms with Crippen molar-refractivity contribution < 1.29 is 14.3 Å². The van der Waals surface area contributed by atoms with Crippen LogP contribution in [0.5, 0.6) is 0 Å². The topological polar surface area (TPSA) is 70.7 Å². The van der Waals surface area contributed by atoms with Gasteiger partial charge >= 0.3 is 0 Å². The standard InChI is InChI=1S/C20H29N3O3/c1-13-11-23(12-14(2)26-13)20(25)17-6-4-16(5-7-17)8-22-19(24)15(3)18-9-21-10-18/h4-7,13-15,18,21H,8-12H2,1-3H3,(H,22,24). The Kier molecular flexibility index (Phi) is 5.94. The van der Waals surface area contributed by atoms with Gasteiger partial charge in [0.1, 0.15) is 0 Å². The second-order valence-corrected chi connectivity index (χ2v) is 7.59. The Labute approximate surface area is 155 Å². The van der Waals surface area contributed by atoms with E-state index in [1.165, 1.54) is 0 Å². The van der Waals surface area contributed by atoms with Crippen molar-refractivity contribution in [2.75, 3.05) is 26.2 Å². The Bertz CT molecular complexity index is 632. The molecule has 2 amide bonds. The second kappa shape index (κ2) is 8.18. The van der Waals surface area contributed by atoms with Gasteiger partial charge in [-0.15, -0.1) is 0 Å². The summed E-state index contributed by atoms with van der Waals surface area (Å²) in [6, 6.07) is 7.51. The quantitative estimate of drug-likeness (QED) is 0.834. The van der Waals surface area contributed by atoms with Gasteiger partial charge in [-0.1, -0.05) is 19.1 Å². The van der Waals surface area contributed by atoms with Crippen molar-refractivity contribution in [1.29, 1.82) is 0 Å². The van der Waals surface area contributed by atoms with Crippen molar-refractivity contribution in [1.82, 2.24) is 15.5 Å². The van der Waals surface area contributed by atoms with E-state index in [1.54, 1.807) is 0 Å². The average Bonchev–Trinajstić information content (AvgIpc) is 2.57. The van der Waals surface area contributed by atoms with Crippen molar-refractivity contribution >= 4 is 11.8 Å². The molecule has 6 nitrogen and oxygen atoms in total. The van der Waals surface area contributed by atoms with Crippen molar-refractivity contribution in [3.63, 3.8) is 0 Å². The van der Waals surface area contributed by atoms with E-state index in [2.05, 4.69) is 10.6 Å². The third kappa shape index (κ3) is 4.43. The van der Waals surface area contributed by atoms with E-state index in [1.807, 2.05) is 49.9 Å². The molecule has 26 heavy (non-hydrogen) atoms. The molecule has 3 atom stereocenters. The van der Waals surface area contributed by atoms with Crippen LogP contribution in [0.2, 0.25) is 0 Å².